The molecule has 0 aliphatic carbocycles. The Morgan fingerprint density at radius 1 is 1.26 bits per heavy atom. The standard InChI is InChI=1S/C34H43BClN6O3Si/c1-33(2,3)46(6,7)44-21-34(4)20-42(35-22-43)31-24(18-37)15-23(16-27(31)34)28-12-13-38-32(39-28)40-29-17-25(36)10-11-30(29)45-26-9-8-14-41(5)19-26/h10-13,15-17,22,26H,8-9,14,19-21H2,1-7H3,(H,38,39,40). The van der Waals surface area contributed by atoms with Crippen molar-refractivity contribution < 1.29 is 14.0 Å². The fourth-order valence-electron chi connectivity index (χ4n) is 5.86. The molecule has 1 aromatic heterocycles. The number of hydrogen-bond donors (Lipinski definition) is 1. The fraction of sp³-hybridized carbons (Fsp3) is 0.471. The van der Waals surface area contributed by atoms with Crippen LogP contribution in [0.4, 0.5) is 17.3 Å². The summed E-state index contributed by atoms with van der Waals surface area (Å²) in [5.74, 6) is 1.07. The van der Waals surface area contributed by atoms with Crippen molar-refractivity contribution in [2.24, 2.45) is 0 Å². The van der Waals surface area contributed by atoms with Gasteiger partial charge in [-0.2, -0.15) is 5.26 Å². The number of likely N-dealkylation sites (tertiary alicyclic amines) is 1. The van der Waals surface area contributed by atoms with Crippen molar-refractivity contribution >= 4 is 50.8 Å². The van der Waals surface area contributed by atoms with E-state index in [4.69, 9.17) is 25.7 Å². The number of nitrogens with one attached hydrogen (secondary N) is 1. The Morgan fingerprint density at radius 2 is 2.04 bits per heavy atom. The van der Waals surface area contributed by atoms with Gasteiger partial charge in [-0.15, -0.1) is 0 Å². The Labute approximate surface area is 279 Å². The number of fused-ring (bicyclic) bond motifs is 1. The van der Waals surface area contributed by atoms with Crippen molar-refractivity contribution in [1.82, 2.24) is 14.9 Å². The molecule has 241 valence electrons. The number of carbonyl (C=O) groups is 1. The van der Waals surface area contributed by atoms with Gasteiger partial charge in [0.05, 0.1) is 16.9 Å². The number of piperidine rings is 1. The molecule has 2 aromatic carbocycles. The summed E-state index contributed by atoms with van der Waals surface area (Å²) < 4.78 is 13.1. The Kier molecular flexibility index (Phi) is 9.85. The molecule has 1 radical (unpaired) electrons. The summed E-state index contributed by atoms with van der Waals surface area (Å²) in [6.45, 7) is 16.2. The topological polar surface area (TPSA) is 104 Å². The minimum Gasteiger partial charge on any atom is -0.487 e. The molecule has 2 aliphatic rings. The van der Waals surface area contributed by atoms with Gasteiger partial charge in [0, 0.05) is 47.6 Å². The Bertz CT molecular complexity index is 1640. The van der Waals surface area contributed by atoms with Crippen molar-refractivity contribution in [1.29, 1.82) is 5.26 Å². The van der Waals surface area contributed by atoms with E-state index < -0.39 is 13.7 Å². The largest absolute Gasteiger partial charge is 0.487 e. The second-order valence-corrected chi connectivity index (χ2v) is 19.5. The maximum Gasteiger partial charge on any atom is 0.329 e. The highest BCUT2D eigenvalue weighted by Crippen LogP contribution is 2.46. The maximum atomic E-state index is 11.6. The van der Waals surface area contributed by atoms with Crippen LogP contribution in [0.2, 0.25) is 23.2 Å². The van der Waals surface area contributed by atoms with Crippen LogP contribution in [0.5, 0.6) is 5.75 Å². The monoisotopic (exact) mass is 657 g/mol. The normalized spacial score (nSPS) is 20.2. The summed E-state index contributed by atoms with van der Waals surface area (Å²) in [6.07, 6.45) is 4.61. The molecule has 2 unspecified atom stereocenters. The van der Waals surface area contributed by atoms with E-state index in [1.165, 1.54) is 7.41 Å². The zero-order valence-electron chi connectivity index (χ0n) is 27.9. The number of anilines is 3. The molecule has 1 N–H and O–H groups in total. The number of nitriles is 1. The molecule has 0 bridgehead atoms. The predicted octanol–water partition coefficient (Wildman–Crippen LogP) is 6.79. The van der Waals surface area contributed by atoms with Gasteiger partial charge in [-0.25, -0.2) is 9.97 Å². The summed E-state index contributed by atoms with van der Waals surface area (Å²) in [4.78, 5) is 25.1. The van der Waals surface area contributed by atoms with Crippen LogP contribution in [0.3, 0.4) is 0 Å². The summed E-state index contributed by atoms with van der Waals surface area (Å²) in [5.41, 5.74) is 3.81. The minimum atomic E-state index is -2.07. The summed E-state index contributed by atoms with van der Waals surface area (Å²) in [5, 5.41) is 14.2. The molecule has 12 heteroatoms. The van der Waals surface area contributed by atoms with Gasteiger partial charge in [0.2, 0.25) is 5.95 Å². The molecule has 1 fully saturated rings. The van der Waals surface area contributed by atoms with Crippen LogP contribution in [0.15, 0.2) is 42.6 Å². The number of halogens is 1. The van der Waals surface area contributed by atoms with E-state index in [0.717, 1.165) is 48.9 Å². The Hall–Kier alpha value is -3.43. The molecular formula is C34H43BClN6O3Si. The first-order valence-electron chi connectivity index (χ1n) is 15.8. The summed E-state index contributed by atoms with van der Waals surface area (Å²) in [7, 11) is 1.54. The van der Waals surface area contributed by atoms with Crippen molar-refractivity contribution in [3.05, 3.63) is 58.7 Å². The number of hydrogen-bond acceptors (Lipinski definition) is 9. The number of rotatable bonds is 10. The van der Waals surface area contributed by atoms with Crippen LogP contribution < -0.4 is 14.9 Å². The molecule has 0 spiro atoms. The van der Waals surface area contributed by atoms with Gasteiger partial charge in [-0.3, -0.25) is 0 Å². The molecule has 0 amide bonds. The Morgan fingerprint density at radius 3 is 2.74 bits per heavy atom. The van der Waals surface area contributed by atoms with Crippen LogP contribution >= 0.6 is 11.6 Å². The highest BCUT2D eigenvalue weighted by molar-refractivity contribution is 6.74. The number of likely N-dealkylation sites (N-methyl/N-ethyl adjacent to an activating group) is 1. The van der Waals surface area contributed by atoms with Gasteiger partial charge in [0.15, 0.2) is 8.32 Å². The lowest BCUT2D eigenvalue weighted by Gasteiger charge is -2.39. The van der Waals surface area contributed by atoms with Gasteiger partial charge in [0.25, 0.3) is 0 Å². The highest BCUT2D eigenvalue weighted by Gasteiger charge is 2.44. The lowest BCUT2D eigenvalue weighted by Crippen LogP contribution is -2.46. The summed E-state index contributed by atoms with van der Waals surface area (Å²) >= 11 is 6.39. The maximum absolute atomic E-state index is 11.6. The molecule has 3 aromatic rings. The van der Waals surface area contributed by atoms with E-state index in [-0.39, 0.29) is 11.1 Å². The molecule has 2 atom stereocenters. The van der Waals surface area contributed by atoms with E-state index in [0.29, 0.717) is 46.8 Å². The second kappa shape index (κ2) is 13.4. The van der Waals surface area contributed by atoms with Gasteiger partial charge in [-0.1, -0.05) is 39.3 Å². The third-order valence-corrected chi connectivity index (χ3v) is 14.2. The third kappa shape index (κ3) is 7.26. The first kappa shape index (κ1) is 33.9. The van der Waals surface area contributed by atoms with Gasteiger partial charge in [0.1, 0.15) is 24.1 Å². The van der Waals surface area contributed by atoms with Crippen LogP contribution in [0.1, 0.15) is 51.7 Å². The van der Waals surface area contributed by atoms with Crippen molar-refractivity contribution in [2.75, 3.05) is 43.4 Å². The average molecular weight is 658 g/mol. The first-order chi connectivity index (χ1) is 21.7. The zero-order valence-corrected chi connectivity index (χ0v) is 29.6. The Balaban J connectivity index is 1.48. The van der Waals surface area contributed by atoms with Crippen LogP contribution in [-0.4, -0.2) is 76.2 Å². The second-order valence-electron chi connectivity index (χ2n) is 14.2. The van der Waals surface area contributed by atoms with E-state index in [2.05, 4.69) is 75.2 Å². The van der Waals surface area contributed by atoms with Crippen LogP contribution in [0, 0.1) is 11.3 Å². The molecule has 1 saturated heterocycles. The third-order valence-electron chi connectivity index (χ3n) is 9.50. The molecule has 5 rings (SSSR count). The van der Waals surface area contributed by atoms with E-state index in [1.54, 1.807) is 6.20 Å². The number of aromatic nitrogens is 2. The highest BCUT2D eigenvalue weighted by atomic mass is 35.5. The molecule has 2 aliphatic heterocycles. The smallest absolute Gasteiger partial charge is 0.329 e. The molecule has 3 heterocycles. The van der Waals surface area contributed by atoms with E-state index in [1.807, 2.05) is 35.1 Å². The average Bonchev–Trinajstić information content (AvgIpc) is 3.28. The minimum absolute atomic E-state index is 0.0457. The van der Waals surface area contributed by atoms with E-state index in [9.17, 15) is 10.1 Å². The van der Waals surface area contributed by atoms with Gasteiger partial charge in [-0.05, 0) is 86.5 Å². The summed E-state index contributed by atoms with van der Waals surface area (Å²) in [6, 6.07) is 13.6. The van der Waals surface area contributed by atoms with Crippen molar-refractivity contribution in [3.8, 4) is 23.1 Å². The van der Waals surface area contributed by atoms with Crippen LogP contribution in [-0.2, 0) is 14.6 Å². The van der Waals surface area contributed by atoms with Crippen LogP contribution in [0.25, 0.3) is 11.3 Å². The van der Waals surface area contributed by atoms with Crippen molar-refractivity contribution in [3.63, 3.8) is 0 Å². The fourth-order valence-corrected chi connectivity index (χ4v) is 7.14. The predicted molar refractivity (Wildman–Crippen MR) is 188 cm³/mol. The lowest BCUT2D eigenvalue weighted by molar-refractivity contribution is 0.105. The van der Waals surface area contributed by atoms with Crippen molar-refractivity contribution in [2.45, 2.75) is 70.2 Å². The number of ether oxygens (including phenoxy) is 1. The lowest BCUT2D eigenvalue weighted by atomic mass is 9.83. The number of benzene rings is 2. The zero-order chi connectivity index (χ0) is 33.3. The molecule has 46 heavy (non-hydrogen) atoms. The van der Waals surface area contributed by atoms with Gasteiger partial charge < -0.3 is 29.0 Å². The number of carbonyl (C=O) groups excluding carboxylic acids is 1. The molecule has 0 saturated carbocycles. The first-order valence-corrected chi connectivity index (χ1v) is 19.0. The van der Waals surface area contributed by atoms with Gasteiger partial charge >= 0.3 is 7.41 Å². The molecular weight excluding hydrogens is 615 g/mol. The number of nitrogens with zero attached hydrogens (tertiary/aromatic N) is 5. The molecule has 9 nitrogen and oxygen atoms in total. The quantitative estimate of drug-likeness (QED) is 0.186. The SMILES string of the molecule is CN1CCCC(Oc2ccc(Cl)cc2Nc2nccc(-c3cc(C#N)c4c(c3)C(C)(CO[Si](C)(C)C(C)(C)C)CN4[B]C=O)n2)C1. The van der Waals surface area contributed by atoms with E-state index >= 15 is 0 Å².